The number of thioether (sulfide) groups is 1. The molecule has 8 heteroatoms. The molecule has 1 aliphatic rings. The van der Waals surface area contributed by atoms with Crippen LogP contribution in [0, 0.1) is 20.8 Å². The van der Waals surface area contributed by atoms with Gasteiger partial charge >= 0.3 is 0 Å². The fourth-order valence-electron chi connectivity index (χ4n) is 3.54. The van der Waals surface area contributed by atoms with Gasteiger partial charge in [0, 0.05) is 17.0 Å². The molecule has 2 aromatic carbocycles. The van der Waals surface area contributed by atoms with Gasteiger partial charge in [-0.25, -0.2) is 8.42 Å². The zero-order valence-corrected chi connectivity index (χ0v) is 19.3. The summed E-state index contributed by atoms with van der Waals surface area (Å²) in [7, 11) is -3.74. The second kappa shape index (κ2) is 8.43. The summed E-state index contributed by atoms with van der Waals surface area (Å²) in [5.74, 6) is -0.505. The zero-order valence-electron chi connectivity index (χ0n) is 17.7. The van der Waals surface area contributed by atoms with E-state index < -0.39 is 15.1 Å². The molecule has 2 atom stereocenters. The van der Waals surface area contributed by atoms with E-state index in [0.29, 0.717) is 5.69 Å². The lowest BCUT2D eigenvalue weighted by atomic mass is 10.0. The standard InChI is InChI=1S/C22H26N2O4S2/c1-12-8-13(2)21(14(3)9-12)24-20(25)10-15(4)30(27,28)17-6-7-19-18(11-17)23-22(26)16(5)29-19/h6-9,11,15-16H,10H2,1-5H3,(H,23,26)(H,24,25)/t15-,16+/m0/s1. The molecule has 30 heavy (non-hydrogen) atoms. The number of hydrogen-bond donors (Lipinski definition) is 2. The third kappa shape index (κ3) is 4.54. The Bertz CT molecular complexity index is 1100. The maximum Gasteiger partial charge on any atom is 0.237 e. The monoisotopic (exact) mass is 446 g/mol. The average Bonchev–Trinajstić information content (AvgIpc) is 2.65. The van der Waals surface area contributed by atoms with Gasteiger partial charge in [-0.1, -0.05) is 17.7 Å². The molecule has 0 bridgehead atoms. The molecule has 1 aliphatic heterocycles. The molecular weight excluding hydrogens is 420 g/mol. The molecular formula is C22H26N2O4S2. The summed E-state index contributed by atoms with van der Waals surface area (Å²) in [6.07, 6.45) is -0.162. The van der Waals surface area contributed by atoms with E-state index in [-0.39, 0.29) is 28.4 Å². The average molecular weight is 447 g/mol. The second-order valence-corrected chi connectivity index (χ2v) is 11.5. The number of fused-ring (bicyclic) bond motifs is 1. The molecule has 1 heterocycles. The van der Waals surface area contributed by atoms with Crippen LogP contribution in [-0.4, -0.2) is 30.7 Å². The van der Waals surface area contributed by atoms with Gasteiger partial charge in [-0.3, -0.25) is 9.59 Å². The molecule has 3 rings (SSSR count). The van der Waals surface area contributed by atoms with Crippen LogP contribution in [0.3, 0.4) is 0 Å². The fraction of sp³-hybridized carbons (Fsp3) is 0.364. The molecule has 0 aliphatic carbocycles. The van der Waals surface area contributed by atoms with E-state index in [0.717, 1.165) is 27.3 Å². The van der Waals surface area contributed by atoms with Gasteiger partial charge in [0.15, 0.2) is 9.84 Å². The molecule has 0 unspecified atom stereocenters. The highest BCUT2D eigenvalue weighted by atomic mass is 32.2. The number of aryl methyl sites for hydroxylation is 3. The van der Waals surface area contributed by atoms with Crippen LogP contribution in [-0.2, 0) is 19.4 Å². The lowest BCUT2D eigenvalue weighted by molar-refractivity contribution is -0.116. The van der Waals surface area contributed by atoms with Crippen molar-refractivity contribution in [3.63, 3.8) is 0 Å². The smallest absolute Gasteiger partial charge is 0.237 e. The number of amides is 2. The quantitative estimate of drug-likeness (QED) is 0.717. The Labute approximate surface area is 181 Å². The van der Waals surface area contributed by atoms with Crippen LogP contribution in [0.25, 0.3) is 0 Å². The number of carbonyl (C=O) groups is 2. The molecule has 0 radical (unpaired) electrons. The lowest BCUT2D eigenvalue weighted by Gasteiger charge is -2.22. The third-order valence-corrected chi connectivity index (χ3v) is 8.47. The van der Waals surface area contributed by atoms with Crippen molar-refractivity contribution >= 4 is 44.8 Å². The lowest BCUT2D eigenvalue weighted by Crippen LogP contribution is -2.28. The van der Waals surface area contributed by atoms with Gasteiger partial charge in [-0.2, -0.15) is 0 Å². The first-order valence-electron chi connectivity index (χ1n) is 9.72. The number of hydrogen-bond acceptors (Lipinski definition) is 5. The van der Waals surface area contributed by atoms with E-state index in [9.17, 15) is 18.0 Å². The molecule has 0 aromatic heterocycles. The summed E-state index contributed by atoms with van der Waals surface area (Å²) in [5.41, 5.74) is 4.19. The minimum atomic E-state index is -3.74. The van der Waals surface area contributed by atoms with Crippen LogP contribution >= 0.6 is 11.8 Å². The molecule has 0 fully saturated rings. The molecule has 2 aromatic rings. The third-order valence-electron chi connectivity index (χ3n) is 5.15. The van der Waals surface area contributed by atoms with Gasteiger partial charge in [0.25, 0.3) is 0 Å². The van der Waals surface area contributed by atoms with Crippen LogP contribution < -0.4 is 10.6 Å². The van der Waals surface area contributed by atoms with Crippen molar-refractivity contribution in [3.05, 3.63) is 47.0 Å². The van der Waals surface area contributed by atoms with Crippen molar-refractivity contribution < 1.29 is 18.0 Å². The summed E-state index contributed by atoms with van der Waals surface area (Å²) in [6, 6.07) is 8.67. The number of sulfone groups is 1. The van der Waals surface area contributed by atoms with E-state index in [4.69, 9.17) is 0 Å². The molecule has 160 valence electrons. The first-order chi connectivity index (χ1) is 14.0. The summed E-state index contributed by atoms with van der Waals surface area (Å²) in [4.78, 5) is 25.4. The first-order valence-corrected chi connectivity index (χ1v) is 12.1. The second-order valence-electron chi connectivity index (χ2n) is 7.79. The largest absolute Gasteiger partial charge is 0.326 e. The van der Waals surface area contributed by atoms with Crippen molar-refractivity contribution in [2.24, 2.45) is 0 Å². The minimum absolute atomic E-state index is 0.0969. The Kier molecular flexibility index (Phi) is 6.29. The Morgan fingerprint density at radius 1 is 1.17 bits per heavy atom. The van der Waals surface area contributed by atoms with E-state index >= 15 is 0 Å². The van der Waals surface area contributed by atoms with E-state index in [1.807, 2.05) is 32.9 Å². The van der Waals surface area contributed by atoms with Gasteiger partial charge in [0.2, 0.25) is 11.8 Å². The van der Waals surface area contributed by atoms with Gasteiger partial charge in [0.05, 0.1) is 21.1 Å². The number of anilines is 2. The van der Waals surface area contributed by atoms with Crippen LogP contribution in [0.2, 0.25) is 0 Å². The Balaban J connectivity index is 1.76. The Hall–Kier alpha value is -2.32. The Morgan fingerprint density at radius 2 is 1.80 bits per heavy atom. The highest BCUT2D eigenvalue weighted by Gasteiger charge is 2.29. The number of nitrogens with one attached hydrogen (secondary N) is 2. The molecule has 0 spiro atoms. The van der Waals surface area contributed by atoms with Crippen molar-refractivity contribution in [1.29, 1.82) is 0 Å². The van der Waals surface area contributed by atoms with E-state index in [1.165, 1.54) is 30.8 Å². The van der Waals surface area contributed by atoms with Crippen molar-refractivity contribution in [1.82, 2.24) is 0 Å². The Morgan fingerprint density at radius 3 is 2.43 bits per heavy atom. The number of rotatable bonds is 5. The van der Waals surface area contributed by atoms with Crippen molar-refractivity contribution in [2.45, 2.75) is 61.3 Å². The summed E-state index contributed by atoms with van der Waals surface area (Å²) in [6.45, 7) is 9.14. The van der Waals surface area contributed by atoms with Gasteiger partial charge < -0.3 is 10.6 Å². The number of carbonyl (C=O) groups excluding carboxylic acids is 2. The predicted octanol–water partition coefficient (Wildman–Crippen LogP) is 4.24. The van der Waals surface area contributed by atoms with Gasteiger partial charge in [0.1, 0.15) is 0 Å². The zero-order chi connectivity index (χ0) is 22.2. The first kappa shape index (κ1) is 22.4. The maximum atomic E-state index is 13.0. The van der Waals surface area contributed by atoms with Crippen LogP contribution in [0.5, 0.6) is 0 Å². The maximum absolute atomic E-state index is 13.0. The summed E-state index contributed by atoms with van der Waals surface area (Å²) < 4.78 is 26.1. The van der Waals surface area contributed by atoms with Gasteiger partial charge in [-0.05, 0) is 63.9 Å². The molecule has 6 nitrogen and oxygen atoms in total. The van der Waals surface area contributed by atoms with Gasteiger partial charge in [-0.15, -0.1) is 11.8 Å². The molecule has 2 amide bonds. The topological polar surface area (TPSA) is 92.3 Å². The normalized spacial score (nSPS) is 17.1. The SMILES string of the molecule is Cc1cc(C)c(NC(=O)C[C@H](C)S(=O)(=O)c2ccc3c(c2)NC(=O)[C@@H](C)S3)c(C)c1. The summed E-state index contributed by atoms with van der Waals surface area (Å²) in [5, 5.41) is 4.47. The van der Waals surface area contributed by atoms with Crippen LogP contribution in [0.4, 0.5) is 11.4 Å². The van der Waals surface area contributed by atoms with Crippen LogP contribution in [0.1, 0.15) is 37.0 Å². The van der Waals surface area contributed by atoms with E-state index in [1.54, 1.807) is 13.0 Å². The fourth-order valence-corrected chi connectivity index (χ4v) is 5.84. The number of benzene rings is 2. The predicted molar refractivity (Wildman–Crippen MR) is 121 cm³/mol. The highest BCUT2D eigenvalue weighted by molar-refractivity contribution is 8.01. The minimum Gasteiger partial charge on any atom is -0.326 e. The summed E-state index contributed by atoms with van der Waals surface area (Å²) >= 11 is 1.39. The molecule has 2 N–H and O–H groups in total. The molecule has 0 saturated heterocycles. The molecule has 0 saturated carbocycles. The van der Waals surface area contributed by atoms with Crippen LogP contribution in [0.15, 0.2) is 40.1 Å². The van der Waals surface area contributed by atoms with Crippen molar-refractivity contribution in [3.8, 4) is 0 Å². The van der Waals surface area contributed by atoms with Crippen molar-refractivity contribution in [2.75, 3.05) is 10.6 Å². The highest BCUT2D eigenvalue weighted by Crippen LogP contribution is 2.37. The van der Waals surface area contributed by atoms with E-state index in [2.05, 4.69) is 10.6 Å².